The summed E-state index contributed by atoms with van der Waals surface area (Å²) in [6.45, 7) is 2.93. The van der Waals surface area contributed by atoms with Gasteiger partial charge >= 0.3 is 0 Å². The molecule has 0 aliphatic heterocycles. The summed E-state index contributed by atoms with van der Waals surface area (Å²) < 4.78 is 11.2. The maximum atomic E-state index is 12.1. The first-order valence-corrected chi connectivity index (χ1v) is 9.92. The maximum Gasteiger partial charge on any atom is 0.244 e. The Bertz CT molecular complexity index is 1070. The van der Waals surface area contributed by atoms with Crippen LogP contribution in [0, 0.1) is 11.3 Å². The molecule has 0 aliphatic rings. The lowest BCUT2D eigenvalue weighted by molar-refractivity contribution is -0.120. The van der Waals surface area contributed by atoms with Gasteiger partial charge in [0.15, 0.2) is 0 Å². The zero-order chi connectivity index (χ0) is 21.9. The number of nitriles is 1. The van der Waals surface area contributed by atoms with E-state index in [4.69, 9.17) is 14.7 Å². The van der Waals surface area contributed by atoms with Gasteiger partial charge in [0.05, 0.1) is 30.9 Å². The molecule has 0 aliphatic carbocycles. The second kappa shape index (κ2) is 11.2. The summed E-state index contributed by atoms with van der Waals surface area (Å²) in [4.78, 5) is 12.1. The first-order chi connectivity index (χ1) is 15.2. The van der Waals surface area contributed by atoms with Crippen molar-refractivity contribution in [3.8, 4) is 17.6 Å². The molecule has 0 aromatic heterocycles. The van der Waals surface area contributed by atoms with Crippen LogP contribution in [0.2, 0.25) is 0 Å². The van der Waals surface area contributed by atoms with Gasteiger partial charge in [-0.05, 0) is 60.0 Å². The number of hydrogen-bond acceptors (Lipinski definition) is 5. The fraction of sp³-hybridized carbons (Fsp3) is 0.160. The lowest BCUT2D eigenvalue weighted by Crippen LogP contribution is -2.19. The minimum Gasteiger partial charge on any atom is -0.494 e. The summed E-state index contributed by atoms with van der Waals surface area (Å²) in [6, 6.07) is 24.2. The average molecular weight is 413 g/mol. The molecule has 0 spiro atoms. The van der Waals surface area contributed by atoms with E-state index in [1.54, 1.807) is 18.3 Å². The maximum absolute atomic E-state index is 12.1. The van der Waals surface area contributed by atoms with Gasteiger partial charge in [-0.3, -0.25) is 4.79 Å². The summed E-state index contributed by atoms with van der Waals surface area (Å²) in [5.74, 6) is 1.27. The molecule has 0 heterocycles. The van der Waals surface area contributed by atoms with Crippen molar-refractivity contribution < 1.29 is 14.3 Å². The number of rotatable bonds is 9. The van der Waals surface area contributed by atoms with Crippen LogP contribution < -0.4 is 14.9 Å². The molecule has 0 unspecified atom stereocenters. The van der Waals surface area contributed by atoms with Crippen LogP contribution in [0.4, 0.5) is 0 Å². The van der Waals surface area contributed by atoms with Crippen LogP contribution in [0.3, 0.4) is 0 Å². The van der Waals surface area contributed by atoms with Crippen LogP contribution in [0.25, 0.3) is 0 Å². The topological polar surface area (TPSA) is 83.7 Å². The van der Waals surface area contributed by atoms with Gasteiger partial charge in [-0.1, -0.05) is 36.4 Å². The number of carbonyl (C=O) groups excluding carboxylic acids is 1. The molecule has 0 saturated heterocycles. The third kappa shape index (κ3) is 7.02. The van der Waals surface area contributed by atoms with Crippen LogP contribution in [0.1, 0.15) is 29.2 Å². The molecule has 3 aromatic carbocycles. The molecular weight excluding hydrogens is 390 g/mol. The molecule has 1 amide bonds. The van der Waals surface area contributed by atoms with Crippen LogP contribution in [-0.2, 0) is 17.8 Å². The van der Waals surface area contributed by atoms with E-state index < -0.39 is 0 Å². The molecule has 0 fully saturated rings. The van der Waals surface area contributed by atoms with E-state index in [1.807, 2.05) is 67.6 Å². The van der Waals surface area contributed by atoms with E-state index in [0.29, 0.717) is 24.5 Å². The molecule has 156 valence electrons. The Morgan fingerprint density at radius 3 is 2.45 bits per heavy atom. The Balaban J connectivity index is 1.49. The summed E-state index contributed by atoms with van der Waals surface area (Å²) in [7, 11) is 0. The van der Waals surface area contributed by atoms with E-state index in [-0.39, 0.29) is 12.3 Å². The van der Waals surface area contributed by atoms with E-state index in [0.717, 1.165) is 22.4 Å². The van der Waals surface area contributed by atoms with Crippen LogP contribution in [0.5, 0.6) is 11.5 Å². The molecule has 1 N–H and O–H groups in total. The largest absolute Gasteiger partial charge is 0.494 e. The Morgan fingerprint density at radius 2 is 1.74 bits per heavy atom. The van der Waals surface area contributed by atoms with E-state index in [9.17, 15) is 4.79 Å². The van der Waals surface area contributed by atoms with Crippen molar-refractivity contribution in [2.75, 3.05) is 6.61 Å². The monoisotopic (exact) mass is 413 g/mol. The number of nitrogens with zero attached hydrogens (tertiary/aromatic N) is 2. The summed E-state index contributed by atoms with van der Waals surface area (Å²) in [6.07, 6.45) is 1.81. The Labute approximate surface area is 181 Å². The standard InChI is InChI=1S/C25H23N3O3/c1-2-30-23-12-10-19(11-13-23)15-25(29)28-27-17-22-4-3-5-24(14-22)31-18-21-8-6-20(16-26)7-9-21/h3-14,17H,2,15,18H2,1H3,(H,28,29)/b27-17-. The van der Waals surface area contributed by atoms with Crippen LogP contribution in [-0.4, -0.2) is 18.7 Å². The van der Waals surface area contributed by atoms with Gasteiger partial charge in [0.25, 0.3) is 0 Å². The number of benzene rings is 3. The van der Waals surface area contributed by atoms with Crippen molar-refractivity contribution in [3.63, 3.8) is 0 Å². The Morgan fingerprint density at radius 1 is 1.00 bits per heavy atom. The van der Waals surface area contributed by atoms with Crippen molar-refractivity contribution in [2.24, 2.45) is 5.10 Å². The molecule has 31 heavy (non-hydrogen) atoms. The summed E-state index contributed by atoms with van der Waals surface area (Å²) in [5.41, 5.74) is 5.82. The zero-order valence-corrected chi connectivity index (χ0v) is 17.2. The lowest BCUT2D eigenvalue weighted by atomic mass is 10.1. The molecular formula is C25H23N3O3. The van der Waals surface area contributed by atoms with Crippen molar-refractivity contribution in [2.45, 2.75) is 20.0 Å². The Hall–Kier alpha value is -4.11. The van der Waals surface area contributed by atoms with Gasteiger partial charge < -0.3 is 9.47 Å². The SMILES string of the molecule is CCOc1ccc(CC(=O)N/N=C\c2cccc(OCc3ccc(C#N)cc3)c2)cc1. The molecule has 0 saturated carbocycles. The van der Waals surface area contributed by atoms with Gasteiger partial charge in [-0.2, -0.15) is 10.4 Å². The van der Waals surface area contributed by atoms with Gasteiger partial charge in [0.2, 0.25) is 5.91 Å². The van der Waals surface area contributed by atoms with Crippen LogP contribution >= 0.6 is 0 Å². The van der Waals surface area contributed by atoms with Crippen molar-refractivity contribution in [1.82, 2.24) is 5.43 Å². The molecule has 0 radical (unpaired) electrons. The fourth-order valence-electron chi connectivity index (χ4n) is 2.80. The normalized spacial score (nSPS) is 10.5. The molecule has 0 atom stereocenters. The predicted octanol–water partition coefficient (Wildman–Crippen LogP) is 4.23. The first-order valence-electron chi connectivity index (χ1n) is 9.92. The number of nitrogens with one attached hydrogen (secondary N) is 1. The predicted molar refractivity (Wildman–Crippen MR) is 119 cm³/mol. The van der Waals surface area contributed by atoms with E-state index in [2.05, 4.69) is 16.6 Å². The summed E-state index contributed by atoms with van der Waals surface area (Å²) in [5, 5.41) is 12.9. The fourth-order valence-corrected chi connectivity index (χ4v) is 2.80. The number of hydrazone groups is 1. The van der Waals surface area contributed by atoms with Gasteiger partial charge in [-0.15, -0.1) is 0 Å². The highest BCUT2D eigenvalue weighted by Crippen LogP contribution is 2.15. The molecule has 3 aromatic rings. The van der Waals surface area contributed by atoms with E-state index in [1.165, 1.54) is 0 Å². The van der Waals surface area contributed by atoms with Crippen LogP contribution in [0.15, 0.2) is 77.9 Å². The van der Waals surface area contributed by atoms with Gasteiger partial charge in [0.1, 0.15) is 18.1 Å². The molecule has 0 bridgehead atoms. The van der Waals surface area contributed by atoms with Crippen molar-refractivity contribution in [1.29, 1.82) is 5.26 Å². The second-order valence-corrected chi connectivity index (χ2v) is 6.72. The molecule has 6 nitrogen and oxygen atoms in total. The minimum atomic E-state index is -0.200. The van der Waals surface area contributed by atoms with Crippen molar-refractivity contribution >= 4 is 12.1 Å². The average Bonchev–Trinajstić information content (AvgIpc) is 2.80. The zero-order valence-electron chi connectivity index (χ0n) is 17.2. The smallest absolute Gasteiger partial charge is 0.244 e. The highest BCUT2D eigenvalue weighted by Gasteiger charge is 2.03. The lowest BCUT2D eigenvalue weighted by Gasteiger charge is -2.07. The highest BCUT2D eigenvalue weighted by molar-refractivity contribution is 5.83. The highest BCUT2D eigenvalue weighted by atomic mass is 16.5. The quantitative estimate of drug-likeness (QED) is 0.420. The number of amides is 1. The minimum absolute atomic E-state index is 0.200. The number of ether oxygens (including phenoxy) is 2. The first kappa shape index (κ1) is 21.6. The number of carbonyl (C=O) groups is 1. The second-order valence-electron chi connectivity index (χ2n) is 6.72. The third-order valence-electron chi connectivity index (χ3n) is 4.35. The number of hydrogen-bond donors (Lipinski definition) is 1. The molecule has 3 rings (SSSR count). The summed E-state index contributed by atoms with van der Waals surface area (Å²) >= 11 is 0. The van der Waals surface area contributed by atoms with Crippen molar-refractivity contribution in [3.05, 3.63) is 95.1 Å². The molecule has 6 heteroatoms. The van der Waals surface area contributed by atoms with E-state index >= 15 is 0 Å². The Kier molecular flexibility index (Phi) is 7.78. The van der Waals surface area contributed by atoms with Gasteiger partial charge in [-0.25, -0.2) is 5.43 Å². The van der Waals surface area contributed by atoms with Gasteiger partial charge in [0, 0.05) is 0 Å². The third-order valence-corrected chi connectivity index (χ3v) is 4.35.